The highest BCUT2D eigenvalue weighted by molar-refractivity contribution is 6.30. The van der Waals surface area contributed by atoms with E-state index in [1.807, 2.05) is 49.4 Å². The van der Waals surface area contributed by atoms with Crippen molar-refractivity contribution in [3.05, 3.63) is 70.4 Å². The number of esters is 1. The second kappa shape index (κ2) is 7.32. The van der Waals surface area contributed by atoms with Crippen LogP contribution in [0.4, 0.5) is 11.4 Å². The van der Waals surface area contributed by atoms with Gasteiger partial charge < -0.3 is 15.4 Å². The number of methoxy groups -OCH3 is 1. The lowest BCUT2D eigenvalue weighted by atomic mass is 9.75. The molecule has 2 aliphatic rings. The van der Waals surface area contributed by atoms with Crippen LogP contribution in [0.5, 0.6) is 0 Å². The van der Waals surface area contributed by atoms with Crippen LogP contribution in [0.1, 0.15) is 24.9 Å². The number of ketones is 1. The van der Waals surface area contributed by atoms with Gasteiger partial charge in [-0.05, 0) is 42.2 Å². The summed E-state index contributed by atoms with van der Waals surface area (Å²) in [6.45, 7) is 1.91. The average molecular weight is 397 g/mol. The summed E-state index contributed by atoms with van der Waals surface area (Å²) in [6, 6.07) is 14.8. The van der Waals surface area contributed by atoms with Gasteiger partial charge in [0, 0.05) is 16.3 Å². The Morgan fingerprint density at radius 3 is 2.61 bits per heavy atom. The normalized spacial score (nSPS) is 23.7. The maximum atomic E-state index is 13.5. The SMILES string of the molecule is COC(=O)[C@H]1C(=O)C2=C(C[C@@H]1C)Nc1ccccc1N[C@@H]2c1cccc(Cl)c1. The minimum absolute atomic E-state index is 0.156. The number of nitrogens with one attached hydrogen (secondary N) is 2. The topological polar surface area (TPSA) is 67.4 Å². The van der Waals surface area contributed by atoms with Gasteiger partial charge in [-0.3, -0.25) is 9.59 Å². The van der Waals surface area contributed by atoms with E-state index in [1.54, 1.807) is 6.07 Å². The molecule has 0 bridgehead atoms. The molecule has 0 aromatic heterocycles. The standard InChI is InChI=1S/C22H21ClN2O3/c1-12-10-17-19(21(26)18(12)22(27)28-2)20(13-6-5-7-14(23)11-13)25-16-9-4-3-8-15(16)24-17/h3-9,11-12,18,20,24-25H,10H2,1-2H3/t12-,18+,20+/m0/s1. The molecule has 0 amide bonds. The molecule has 2 aromatic carbocycles. The largest absolute Gasteiger partial charge is 0.468 e. The van der Waals surface area contributed by atoms with Crippen molar-refractivity contribution in [1.29, 1.82) is 0 Å². The highest BCUT2D eigenvalue weighted by atomic mass is 35.5. The fourth-order valence-electron chi connectivity index (χ4n) is 4.07. The van der Waals surface area contributed by atoms with E-state index in [1.165, 1.54) is 7.11 Å². The zero-order valence-corrected chi connectivity index (χ0v) is 16.4. The van der Waals surface area contributed by atoms with Crippen molar-refractivity contribution in [2.24, 2.45) is 11.8 Å². The molecule has 0 spiro atoms. The third kappa shape index (κ3) is 3.16. The Bertz CT molecular complexity index is 985. The van der Waals surface area contributed by atoms with Gasteiger partial charge in [0.25, 0.3) is 0 Å². The quantitative estimate of drug-likeness (QED) is 0.575. The lowest BCUT2D eigenvalue weighted by Crippen LogP contribution is -2.39. The maximum absolute atomic E-state index is 13.5. The molecule has 0 unspecified atom stereocenters. The lowest BCUT2D eigenvalue weighted by Gasteiger charge is -2.32. The Kier molecular flexibility index (Phi) is 4.85. The number of fused-ring (bicyclic) bond motifs is 1. The van der Waals surface area contributed by atoms with Gasteiger partial charge in [-0.1, -0.05) is 42.8 Å². The number of Topliss-reactive ketones (excluding diaryl/α,β-unsaturated/α-hetero) is 1. The van der Waals surface area contributed by atoms with E-state index in [0.717, 1.165) is 22.6 Å². The number of ether oxygens (including phenoxy) is 1. The monoisotopic (exact) mass is 396 g/mol. The average Bonchev–Trinajstić information content (AvgIpc) is 2.84. The third-order valence-corrected chi connectivity index (χ3v) is 5.64. The van der Waals surface area contributed by atoms with E-state index in [9.17, 15) is 9.59 Å². The molecule has 1 aliphatic carbocycles. The van der Waals surface area contributed by atoms with Crippen LogP contribution in [0.3, 0.4) is 0 Å². The number of carbonyl (C=O) groups is 2. The summed E-state index contributed by atoms with van der Waals surface area (Å²) in [6.07, 6.45) is 0.577. The van der Waals surface area contributed by atoms with Crippen molar-refractivity contribution < 1.29 is 14.3 Å². The van der Waals surface area contributed by atoms with Crippen LogP contribution in [0.25, 0.3) is 0 Å². The van der Waals surface area contributed by atoms with Crippen LogP contribution >= 0.6 is 11.6 Å². The van der Waals surface area contributed by atoms with Gasteiger partial charge in [0.2, 0.25) is 0 Å². The first-order chi connectivity index (χ1) is 13.5. The Morgan fingerprint density at radius 1 is 1.14 bits per heavy atom. The van der Waals surface area contributed by atoms with E-state index in [4.69, 9.17) is 16.3 Å². The number of para-hydroxylation sites is 2. The highest BCUT2D eigenvalue weighted by Gasteiger charge is 2.44. The minimum atomic E-state index is -0.810. The summed E-state index contributed by atoms with van der Waals surface area (Å²) in [5.41, 5.74) is 4.05. The fraction of sp³-hybridized carbons (Fsp3) is 0.273. The summed E-state index contributed by atoms with van der Waals surface area (Å²) >= 11 is 6.22. The number of anilines is 2. The predicted octanol–water partition coefficient (Wildman–Crippen LogP) is 4.57. The molecule has 28 heavy (non-hydrogen) atoms. The molecule has 2 N–H and O–H groups in total. The molecule has 4 rings (SSSR count). The van der Waals surface area contributed by atoms with Gasteiger partial charge >= 0.3 is 5.97 Å². The number of benzene rings is 2. The zero-order chi connectivity index (χ0) is 19.8. The maximum Gasteiger partial charge on any atom is 0.316 e. The predicted molar refractivity (Wildman–Crippen MR) is 109 cm³/mol. The molecule has 144 valence electrons. The lowest BCUT2D eigenvalue weighted by molar-refractivity contribution is -0.151. The Labute approximate surface area is 168 Å². The number of halogens is 1. The first-order valence-electron chi connectivity index (χ1n) is 9.22. The first-order valence-corrected chi connectivity index (χ1v) is 9.60. The van der Waals surface area contributed by atoms with E-state index >= 15 is 0 Å². The summed E-state index contributed by atoms with van der Waals surface area (Å²) in [5.74, 6) is -1.67. The molecule has 3 atom stereocenters. The zero-order valence-electron chi connectivity index (χ0n) is 15.7. The number of hydrogen-bond donors (Lipinski definition) is 2. The Balaban J connectivity index is 1.88. The fourth-order valence-corrected chi connectivity index (χ4v) is 4.27. The third-order valence-electron chi connectivity index (χ3n) is 5.41. The van der Waals surface area contributed by atoms with Crippen molar-refractivity contribution in [3.63, 3.8) is 0 Å². The van der Waals surface area contributed by atoms with Crippen LogP contribution < -0.4 is 10.6 Å². The summed E-state index contributed by atoms with van der Waals surface area (Å²) in [7, 11) is 1.32. The molecular weight excluding hydrogens is 376 g/mol. The van der Waals surface area contributed by atoms with Crippen LogP contribution in [0.15, 0.2) is 59.8 Å². The van der Waals surface area contributed by atoms with Gasteiger partial charge in [-0.25, -0.2) is 0 Å². The van der Waals surface area contributed by atoms with E-state index in [0.29, 0.717) is 17.0 Å². The summed E-state index contributed by atoms with van der Waals surface area (Å²) in [5, 5.41) is 7.49. The van der Waals surface area contributed by atoms with Gasteiger partial charge in [0.05, 0.1) is 24.5 Å². The molecule has 0 fully saturated rings. The first kappa shape index (κ1) is 18.6. The summed E-state index contributed by atoms with van der Waals surface area (Å²) < 4.78 is 4.92. The van der Waals surface area contributed by atoms with Crippen LogP contribution in [0.2, 0.25) is 5.02 Å². The Hall–Kier alpha value is -2.79. The van der Waals surface area contributed by atoms with Crippen LogP contribution in [0, 0.1) is 11.8 Å². The highest BCUT2D eigenvalue weighted by Crippen LogP contribution is 2.43. The molecule has 0 saturated heterocycles. The molecule has 1 heterocycles. The van der Waals surface area contributed by atoms with Crippen molar-refractivity contribution in [3.8, 4) is 0 Å². The van der Waals surface area contributed by atoms with Crippen molar-refractivity contribution in [2.45, 2.75) is 19.4 Å². The van der Waals surface area contributed by atoms with Crippen molar-refractivity contribution in [2.75, 3.05) is 17.7 Å². The van der Waals surface area contributed by atoms with Gasteiger partial charge in [0.15, 0.2) is 5.78 Å². The van der Waals surface area contributed by atoms with Crippen LogP contribution in [-0.4, -0.2) is 18.9 Å². The van der Waals surface area contributed by atoms with Crippen molar-refractivity contribution >= 4 is 34.7 Å². The van der Waals surface area contributed by atoms with Gasteiger partial charge in [-0.2, -0.15) is 0 Å². The molecule has 1 aliphatic heterocycles. The molecule has 0 saturated carbocycles. The number of hydrogen-bond acceptors (Lipinski definition) is 5. The smallest absolute Gasteiger partial charge is 0.316 e. The second-order valence-corrected chi connectivity index (χ2v) is 7.68. The van der Waals surface area contributed by atoms with E-state index in [-0.39, 0.29) is 11.7 Å². The summed E-state index contributed by atoms with van der Waals surface area (Å²) in [4.78, 5) is 25.8. The van der Waals surface area contributed by atoms with E-state index in [2.05, 4.69) is 10.6 Å². The van der Waals surface area contributed by atoms with E-state index < -0.39 is 17.9 Å². The Morgan fingerprint density at radius 2 is 1.89 bits per heavy atom. The number of rotatable bonds is 2. The molecule has 2 aromatic rings. The second-order valence-electron chi connectivity index (χ2n) is 7.24. The van der Waals surface area contributed by atoms with Crippen molar-refractivity contribution in [1.82, 2.24) is 0 Å². The molecule has 6 heteroatoms. The molecular formula is C22H21ClN2O3. The minimum Gasteiger partial charge on any atom is -0.468 e. The number of carbonyl (C=O) groups excluding carboxylic acids is 2. The number of allylic oxidation sites excluding steroid dienone is 1. The molecule has 0 radical (unpaired) electrons. The van der Waals surface area contributed by atoms with Gasteiger partial charge in [0.1, 0.15) is 5.92 Å². The van der Waals surface area contributed by atoms with Gasteiger partial charge in [-0.15, -0.1) is 0 Å². The molecule has 5 nitrogen and oxygen atoms in total. The van der Waals surface area contributed by atoms with Crippen LogP contribution in [-0.2, 0) is 14.3 Å².